The van der Waals surface area contributed by atoms with Crippen LogP contribution in [0.15, 0.2) is 57.8 Å². The molecule has 1 saturated heterocycles. The van der Waals surface area contributed by atoms with Crippen molar-refractivity contribution in [2.75, 3.05) is 0 Å². The smallest absolute Gasteiger partial charge is 0.355 e. The fourth-order valence-electron chi connectivity index (χ4n) is 2.65. The molecule has 0 bridgehead atoms. The third-order valence-electron chi connectivity index (χ3n) is 4.02. The number of esters is 1. The van der Waals surface area contributed by atoms with Crippen LogP contribution in [0.25, 0.3) is 6.08 Å². The highest BCUT2D eigenvalue weighted by atomic mass is 32.2. The van der Waals surface area contributed by atoms with Gasteiger partial charge >= 0.3 is 5.97 Å². The predicted octanol–water partition coefficient (Wildman–Crippen LogP) is 2.47. The van der Waals surface area contributed by atoms with E-state index in [2.05, 4.69) is 5.16 Å². The van der Waals surface area contributed by atoms with Gasteiger partial charge in [0.15, 0.2) is 0 Å². The van der Waals surface area contributed by atoms with E-state index in [0.29, 0.717) is 16.8 Å². The van der Waals surface area contributed by atoms with Crippen LogP contribution in [0.5, 0.6) is 0 Å². The minimum atomic E-state index is -0.628. The Morgan fingerprint density at radius 1 is 1.37 bits per heavy atom. The Morgan fingerprint density at radius 2 is 2.15 bits per heavy atom. The van der Waals surface area contributed by atoms with Crippen LogP contribution < -0.4 is 0 Å². The second-order valence-electron chi connectivity index (χ2n) is 5.69. The highest BCUT2D eigenvalue weighted by Gasteiger charge is 2.49. The molecule has 1 aromatic carbocycles. The molecule has 2 aromatic rings. The van der Waals surface area contributed by atoms with Crippen molar-refractivity contribution < 1.29 is 23.8 Å². The van der Waals surface area contributed by atoms with Gasteiger partial charge < -0.3 is 9.26 Å². The molecule has 1 fully saturated rings. The average molecular weight is 385 g/mol. The molecule has 0 aliphatic carbocycles. The van der Waals surface area contributed by atoms with Gasteiger partial charge in [0.05, 0.1) is 10.5 Å². The number of ether oxygens (including phenoxy) is 1. The third-order valence-corrected chi connectivity index (χ3v) is 5.10. The van der Waals surface area contributed by atoms with E-state index in [-0.39, 0.29) is 29.3 Å². The van der Waals surface area contributed by atoms with E-state index in [4.69, 9.17) is 9.26 Å². The van der Waals surface area contributed by atoms with E-state index in [1.165, 1.54) is 47.2 Å². The number of hydrogen-bond donors (Lipinski definition) is 0. The van der Waals surface area contributed by atoms with Gasteiger partial charge in [0.1, 0.15) is 29.6 Å². The highest BCUT2D eigenvalue weighted by molar-refractivity contribution is 8.03. The van der Waals surface area contributed by atoms with Crippen molar-refractivity contribution in [1.82, 2.24) is 10.1 Å². The zero-order chi connectivity index (χ0) is 19.0. The molecule has 3 heterocycles. The number of nitro groups is 1. The van der Waals surface area contributed by atoms with Gasteiger partial charge in [-0.2, -0.15) is 0 Å². The SMILES string of the molecule is O=C(OCc1ccc([N+](=O)[O-])cc1)C1=CS[C@H]2C(=Cc3ccon3)C(=O)N12. The van der Waals surface area contributed by atoms with Gasteiger partial charge in [-0.1, -0.05) is 5.16 Å². The van der Waals surface area contributed by atoms with Crippen molar-refractivity contribution >= 4 is 35.4 Å². The number of thioether (sulfide) groups is 1. The van der Waals surface area contributed by atoms with E-state index in [9.17, 15) is 19.7 Å². The Balaban J connectivity index is 1.38. The Kier molecular flexibility index (Phi) is 4.24. The summed E-state index contributed by atoms with van der Waals surface area (Å²) in [4.78, 5) is 36.1. The molecule has 1 amide bonds. The molecule has 1 atom stereocenters. The molecule has 0 radical (unpaired) electrons. The summed E-state index contributed by atoms with van der Waals surface area (Å²) in [5.74, 6) is -0.913. The number of benzene rings is 1. The molecule has 9 nitrogen and oxygen atoms in total. The van der Waals surface area contributed by atoms with Gasteiger partial charge in [-0.3, -0.25) is 19.8 Å². The largest absolute Gasteiger partial charge is 0.456 e. The van der Waals surface area contributed by atoms with Crippen molar-refractivity contribution in [2.45, 2.75) is 12.0 Å². The van der Waals surface area contributed by atoms with Crippen molar-refractivity contribution in [1.29, 1.82) is 0 Å². The van der Waals surface area contributed by atoms with Gasteiger partial charge in [-0.25, -0.2) is 4.79 Å². The molecular weight excluding hydrogens is 374 g/mol. The summed E-state index contributed by atoms with van der Waals surface area (Å²) >= 11 is 1.33. The summed E-state index contributed by atoms with van der Waals surface area (Å²) < 4.78 is 9.96. The molecule has 0 saturated carbocycles. The maximum Gasteiger partial charge on any atom is 0.355 e. The molecule has 2 aliphatic rings. The number of nitrogens with zero attached hydrogens (tertiary/aromatic N) is 3. The maximum absolute atomic E-state index is 12.3. The first-order chi connectivity index (χ1) is 13.0. The van der Waals surface area contributed by atoms with Crippen LogP contribution in [-0.4, -0.2) is 32.2 Å². The van der Waals surface area contributed by atoms with E-state index in [1.54, 1.807) is 17.6 Å². The Bertz CT molecular complexity index is 981. The molecule has 2 aliphatic heterocycles. The second kappa shape index (κ2) is 6.72. The second-order valence-corrected chi connectivity index (χ2v) is 6.64. The van der Waals surface area contributed by atoms with Crippen LogP contribution in [0, 0.1) is 10.1 Å². The van der Waals surface area contributed by atoms with Crippen LogP contribution >= 0.6 is 11.8 Å². The van der Waals surface area contributed by atoms with Crippen molar-refractivity contribution in [2.24, 2.45) is 0 Å². The maximum atomic E-state index is 12.3. The first-order valence-electron chi connectivity index (χ1n) is 7.76. The Morgan fingerprint density at radius 3 is 2.81 bits per heavy atom. The zero-order valence-corrected chi connectivity index (χ0v) is 14.4. The molecular formula is C17H11N3O6S. The monoisotopic (exact) mass is 385 g/mol. The number of rotatable bonds is 5. The summed E-state index contributed by atoms with van der Waals surface area (Å²) in [5.41, 5.74) is 1.81. The molecule has 10 heteroatoms. The van der Waals surface area contributed by atoms with Crippen LogP contribution in [0.1, 0.15) is 11.3 Å². The Labute approximate surface area is 156 Å². The molecule has 0 N–H and O–H groups in total. The summed E-state index contributed by atoms with van der Waals surface area (Å²) in [7, 11) is 0. The number of fused-ring (bicyclic) bond motifs is 1. The van der Waals surface area contributed by atoms with Crippen molar-refractivity contribution in [3.8, 4) is 0 Å². The molecule has 1 aromatic heterocycles. The third kappa shape index (κ3) is 3.10. The minimum Gasteiger partial charge on any atom is -0.456 e. The van der Waals surface area contributed by atoms with Gasteiger partial charge in [0.25, 0.3) is 11.6 Å². The number of amides is 1. The van der Waals surface area contributed by atoms with E-state index >= 15 is 0 Å². The zero-order valence-electron chi connectivity index (χ0n) is 13.6. The molecule has 4 rings (SSSR count). The van der Waals surface area contributed by atoms with Crippen LogP contribution in [0.2, 0.25) is 0 Å². The molecule has 27 heavy (non-hydrogen) atoms. The number of hydrogen-bond acceptors (Lipinski definition) is 8. The normalized spacial score (nSPS) is 19.5. The number of nitro benzene ring substituents is 1. The number of carbonyl (C=O) groups excluding carboxylic acids is 2. The van der Waals surface area contributed by atoms with Crippen molar-refractivity contribution in [3.05, 3.63) is 74.6 Å². The van der Waals surface area contributed by atoms with Crippen molar-refractivity contribution in [3.63, 3.8) is 0 Å². The summed E-state index contributed by atoms with van der Waals surface area (Å²) in [6.45, 7) is -0.0484. The number of β-lactam (4-membered cyclic amide) rings is 1. The highest BCUT2D eigenvalue weighted by Crippen LogP contribution is 2.45. The van der Waals surface area contributed by atoms with Crippen LogP contribution in [-0.2, 0) is 20.9 Å². The quantitative estimate of drug-likeness (QED) is 0.253. The van der Waals surface area contributed by atoms with Gasteiger partial charge in [0.2, 0.25) is 0 Å². The predicted molar refractivity (Wildman–Crippen MR) is 93.7 cm³/mol. The number of aromatic nitrogens is 1. The first kappa shape index (κ1) is 17.0. The topological polar surface area (TPSA) is 116 Å². The molecule has 0 spiro atoms. The number of non-ortho nitro benzene ring substituents is 1. The molecule has 136 valence electrons. The summed E-state index contributed by atoms with van der Waals surface area (Å²) in [6, 6.07) is 7.34. The lowest BCUT2D eigenvalue weighted by molar-refractivity contribution is -0.384. The summed E-state index contributed by atoms with van der Waals surface area (Å²) in [5, 5.41) is 15.7. The lowest BCUT2D eigenvalue weighted by Crippen LogP contribution is -2.51. The van der Waals surface area contributed by atoms with Crippen LogP contribution in [0.3, 0.4) is 0 Å². The fraction of sp³-hybridized carbons (Fsp3) is 0.118. The van der Waals surface area contributed by atoms with Gasteiger partial charge in [-0.05, 0) is 23.8 Å². The molecule has 0 unspecified atom stereocenters. The lowest BCUT2D eigenvalue weighted by Gasteiger charge is -2.37. The van der Waals surface area contributed by atoms with E-state index in [0.717, 1.165) is 0 Å². The number of carbonyl (C=O) groups is 2. The van der Waals surface area contributed by atoms with Crippen LogP contribution in [0.4, 0.5) is 5.69 Å². The first-order valence-corrected chi connectivity index (χ1v) is 8.70. The average Bonchev–Trinajstić information content (AvgIpc) is 3.32. The Hall–Kier alpha value is -3.40. The van der Waals surface area contributed by atoms with Gasteiger partial charge in [-0.15, -0.1) is 11.8 Å². The standard InChI is InChI=1S/C17H11N3O6S/c21-15-13(7-11-5-6-26-18-11)16-19(15)14(9-27-16)17(22)25-8-10-1-3-12(4-2-10)20(23)24/h1-7,9,16H,8H2/t16-/m0/s1. The van der Waals surface area contributed by atoms with Gasteiger partial charge in [0, 0.05) is 23.6 Å². The van der Waals surface area contributed by atoms with E-state index in [1.807, 2.05) is 0 Å². The fourth-order valence-corrected chi connectivity index (χ4v) is 3.77. The minimum absolute atomic E-state index is 0.0413. The van der Waals surface area contributed by atoms with E-state index < -0.39 is 10.9 Å². The lowest BCUT2D eigenvalue weighted by atomic mass is 10.0. The summed E-state index contributed by atoms with van der Waals surface area (Å²) in [6.07, 6.45) is 3.04.